The molecule has 2 saturated carbocycles. The minimum Gasteiger partial charge on any atom is -0.382 e. The lowest BCUT2D eigenvalue weighted by Gasteiger charge is -2.43. The summed E-state index contributed by atoms with van der Waals surface area (Å²) in [6, 6.07) is 0. The lowest BCUT2D eigenvalue weighted by Crippen LogP contribution is -2.49. The molecule has 0 aliphatic heterocycles. The van der Waals surface area contributed by atoms with Gasteiger partial charge in [-0.25, -0.2) is 0 Å². The third-order valence-corrected chi connectivity index (χ3v) is 6.96. The SMILES string of the molecule is CCOCCC1(C(=O)N(C)CCN(C)C(=O)C2CCC(CC)CC2)CCC1. The van der Waals surface area contributed by atoms with Gasteiger partial charge in [0.05, 0.1) is 5.41 Å². The summed E-state index contributed by atoms with van der Waals surface area (Å²) >= 11 is 0. The molecule has 0 aromatic rings. The van der Waals surface area contributed by atoms with E-state index in [1.54, 1.807) is 0 Å². The van der Waals surface area contributed by atoms with Crippen molar-refractivity contribution in [3.05, 3.63) is 0 Å². The van der Waals surface area contributed by atoms with Crippen molar-refractivity contribution in [2.45, 2.75) is 71.6 Å². The molecule has 0 bridgehead atoms. The molecule has 0 atom stereocenters. The first kappa shape index (κ1) is 22.2. The van der Waals surface area contributed by atoms with Gasteiger partial charge < -0.3 is 14.5 Å². The zero-order valence-electron chi connectivity index (χ0n) is 18.0. The first-order chi connectivity index (χ1) is 12.9. The summed E-state index contributed by atoms with van der Waals surface area (Å²) in [6.07, 6.45) is 9.53. The van der Waals surface area contributed by atoms with Crippen molar-refractivity contribution >= 4 is 11.8 Å². The van der Waals surface area contributed by atoms with E-state index in [0.717, 1.165) is 44.4 Å². The van der Waals surface area contributed by atoms with Gasteiger partial charge in [0.1, 0.15) is 0 Å². The Bertz CT molecular complexity index is 482. The number of nitrogens with zero attached hydrogens (tertiary/aromatic N) is 2. The number of carbonyl (C=O) groups is 2. The van der Waals surface area contributed by atoms with Crippen molar-refractivity contribution in [2.75, 3.05) is 40.4 Å². The fraction of sp³-hybridized carbons (Fsp3) is 0.909. The van der Waals surface area contributed by atoms with Gasteiger partial charge in [-0.05, 0) is 57.8 Å². The summed E-state index contributed by atoms with van der Waals surface area (Å²) in [4.78, 5) is 29.4. The monoisotopic (exact) mass is 380 g/mol. The average Bonchev–Trinajstić information content (AvgIpc) is 2.66. The minimum absolute atomic E-state index is 0.183. The van der Waals surface area contributed by atoms with Gasteiger partial charge >= 0.3 is 0 Å². The quantitative estimate of drug-likeness (QED) is 0.543. The van der Waals surface area contributed by atoms with Crippen LogP contribution in [0.1, 0.15) is 71.6 Å². The molecule has 0 aromatic heterocycles. The van der Waals surface area contributed by atoms with Gasteiger partial charge in [-0.15, -0.1) is 0 Å². The number of rotatable bonds is 10. The summed E-state index contributed by atoms with van der Waals surface area (Å²) in [7, 11) is 3.77. The van der Waals surface area contributed by atoms with E-state index >= 15 is 0 Å². The van der Waals surface area contributed by atoms with Gasteiger partial charge in [0.25, 0.3) is 0 Å². The molecule has 5 heteroatoms. The van der Waals surface area contributed by atoms with Crippen LogP contribution in [0.15, 0.2) is 0 Å². The van der Waals surface area contributed by atoms with E-state index in [4.69, 9.17) is 4.74 Å². The highest BCUT2D eigenvalue weighted by Gasteiger charge is 2.45. The van der Waals surface area contributed by atoms with Gasteiger partial charge in [-0.2, -0.15) is 0 Å². The second-order valence-corrected chi connectivity index (χ2v) is 8.69. The van der Waals surface area contributed by atoms with Gasteiger partial charge in [0.2, 0.25) is 11.8 Å². The second kappa shape index (κ2) is 10.4. The van der Waals surface area contributed by atoms with Crippen LogP contribution in [-0.2, 0) is 14.3 Å². The molecule has 0 N–H and O–H groups in total. The number of carbonyl (C=O) groups excluding carboxylic acids is 2. The summed E-state index contributed by atoms with van der Waals surface area (Å²) in [5, 5.41) is 0. The first-order valence-corrected chi connectivity index (χ1v) is 11.0. The van der Waals surface area contributed by atoms with Crippen LogP contribution in [-0.4, -0.2) is 62.0 Å². The van der Waals surface area contributed by atoms with Gasteiger partial charge in [0.15, 0.2) is 0 Å². The highest BCUT2D eigenvalue weighted by atomic mass is 16.5. The Balaban J connectivity index is 1.77. The van der Waals surface area contributed by atoms with E-state index in [0.29, 0.717) is 26.3 Å². The largest absolute Gasteiger partial charge is 0.382 e. The fourth-order valence-corrected chi connectivity index (χ4v) is 4.63. The Hall–Kier alpha value is -1.10. The van der Waals surface area contributed by atoms with Crippen LogP contribution < -0.4 is 0 Å². The van der Waals surface area contributed by atoms with Crippen LogP contribution in [0.2, 0.25) is 0 Å². The summed E-state index contributed by atoms with van der Waals surface area (Å²) < 4.78 is 5.48. The van der Waals surface area contributed by atoms with Crippen LogP contribution in [0.25, 0.3) is 0 Å². The molecule has 2 fully saturated rings. The first-order valence-electron chi connectivity index (χ1n) is 11.0. The molecule has 0 unspecified atom stereocenters. The van der Waals surface area contributed by atoms with Crippen molar-refractivity contribution in [3.63, 3.8) is 0 Å². The second-order valence-electron chi connectivity index (χ2n) is 8.69. The predicted octanol–water partition coefficient (Wildman–Crippen LogP) is 3.72. The smallest absolute Gasteiger partial charge is 0.228 e. The summed E-state index contributed by atoms with van der Waals surface area (Å²) in [5.41, 5.74) is -0.217. The third-order valence-electron chi connectivity index (χ3n) is 6.96. The molecule has 27 heavy (non-hydrogen) atoms. The van der Waals surface area contributed by atoms with E-state index in [1.807, 2.05) is 30.8 Å². The highest BCUT2D eigenvalue weighted by molar-refractivity contribution is 5.83. The molecule has 156 valence electrons. The molecule has 0 heterocycles. The lowest BCUT2D eigenvalue weighted by molar-refractivity contribution is -0.149. The van der Waals surface area contributed by atoms with Crippen molar-refractivity contribution in [2.24, 2.45) is 17.3 Å². The molecule has 5 nitrogen and oxygen atoms in total. The Morgan fingerprint density at radius 2 is 1.63 bits per heavy atom. The standard InChI is InChI=1S/C22H40N2O3/c1-5-18-8-10-19(11-9-18)20(25)23(3)15-16-24(4)21(26)22(12-7-13-22)14-17-27-6-2/h18-19H,5-17H2,1-4H3. The Morgan fingerprint density at radius 3 is 2.15 bits per heavy atom. The van der Waals surface area contributed by atoms with Gasteiger partial charge in [0, 0.05) is 46.3 Å². The molecule has 0 saturated heterocycles. The van der Waals surface area contributed by atoms with E-state index in [-0.39, 0.29) is 23.1 Å². The molecule has 0 radical (unpaired) electrons. The van der Waals surface area contributed by atoms with Crippen LogP contribution in [0.4, 0.5) is 0 Å². The number of hydrogen-bond donors (Lipinski definition) is 0. The molecule has 2 amide bonds. The maximum atomic E-state index is 13.0. The molecular weight excluding hydrogens is 340 g/mol. The number of ether oxygens (including phenoxy) is 1. The lowest BCUT2D eigenvalue weighted by atomic mass is 9.66. The fourth-order valence-electron chi connectivity index (χ4n) is 4.63. The zero-order chi connectivity index (χ0) is 19.9. The average molecular weight is 381 g/mol. The van der Waals surface area contributed by atoms with Crippen molar-refractivity contribution < 1.29 is 14.3 Å². The highest BCUT2D eigenvalue weighted by Crippen LogP contribution is 2.45. The maximum absolute atomic E-state index is 13.0. The Kier molecular flexibility index (Phi) is 8.59. The minimum atomic E-state index is -0.217. The molecule has 2 aliphatic carbocycles. The number of likely N-dealkylation sites (N-methyl/N-ethyl adjacent to an activating group) is 2. The summed E-state index contributed by atoms with van der Waals surface area (Å²) in [6.45, 7) is 6.83. The van der Waals surface area contributed by atoms with E-state index in [1.165, 1.54) is 19.3 Å². The van der Waals surface area contributed by atoms with Crippen molar-refractivity contribution in [1.82, 2.24) is 9.80 Å². The third kappa shape index (κ3) is 5.69. The van der Waals surface area contributed by atoms with E-state index < -0.39 is 0 Å². The van der Waals surface area contributed by atoms with Crippen molar-refractivity contribution in [1.29, 1.82) is 0 Å². The Morgan fingerprint density at radius 1 is 1.00 bits per heavy atom. The van der Waals surface area contributed by atoms with Gasteiger partial charge in [-0.3, -0.25) is 9.59 Å². The zero-order valence-corrected chi connectivity index (χ0v) is 18.0. The molecule has 0 aromatic carbocycles. The van der Waals surface area contributed by atoms with Gasteiger partial charge in [-0.1, -0.05) is 19.8 Å². The van der Waals surface area contributed by atoms with Crippen LogP contribution in [0, 0.1) is 17.3 Å². The van der Waals surface area contributed by atoms with Crippen molar-refractivity contribution in [3.8, 4) is 0 Å². The normalized spacial score (nSPS) is 24.1. The van der Waals surface area contributed by atoms with Crippen LogP contribution in [0.3, 0.4) is 0 Å². The summed E-state index contributed by atoms with van der Waals surface area (Å²) in [5.74, 6) is 1.49. The predicted molar refractivity (Wildman–Crippen MR) is 108 cm³/mol. The number of hydrogen-bond acceptors (Lipinski definition) is 3. The topological polar surface area (TPSA) is 49.9 Å². The van der Waals surface area contributed by atoms with Crippen LogP contribution >= 0.6 is 0 Å². The molecular formula is C22H40N2O3. The van der Waals surface area contributed by atoms with Crippen LogP contribution in [0.5, 0.6) is 0 Å². The molecule has 2 aliphatic rings. The van der Waals surface area contributed by atoms with E-state index in [9.17, 15) is 9.59 Å². The molecule has 2 rings (SSSR count). The Labute approximate surface area is 165 Å². The molecule has 0 spiro atoms. The van der Waals surface area contributed by atoms with E-state index in [2.05, 4.69) is 6.92 Å². The maximum Gasteiger partial charge on any atom is 0.228 e. The number of amides is 2.